The highest BCUT2D eigenvalue weighted by atomic mass is 16.4. The lowest BCUT2D eigenvalue weighted by Crippen LogP contribution is -2.00. The number of aromatic nitrogens is 6. The fourth-order valence-electron chi connectivity index (χ4n) is 8.90. The van der Waals surface area contributed by atoms with Gasteiger partial charge in [-0.3, -0.25) is 0 Å². The first kappa shape index (κ1) is 36.6. The Bertz CT molecular complexity index is 3720. The van der Waals surface area contributed by atoms with E-state index in [0.29, 0.717) is 29.3 Å². The van der Waals surface area contributed by atoms with E-state index in [1.54, 1.807) is 0 Å². The molecule has 0 aliphatic heterocycles. The summed E-state index contributed by atoms with van der Waals surface area (Å²) in [6.07, 6.45) is 0. The molecule has 4 aromatic heterocycles. The lowest BCUT2D eigenvalue weighted by molar-refractivity contribution is 0.619. The Morgan fingerprint density at radius 2 is 0.815 bits per heavy atom. The monoisotopic (exact) mass is 834 g/mol. The van der Waals surface area contributed by atoms with Crippen molar-refractivity contribution >= 4 is 54.8 Å². The van der Waals surface area contributed by atoms with E-state index in [2.05, 4.69) is 108 Å². The third kappa shape index (κ3) is 6.35. The zero-order chi connectivity index (χ0) is 42.8. The second kappa shape index (κ2) is 14.8. The summed E-state index contributed by atoms with van der Waals surface area (Å²) < 4.78 is 14.6. The van der Waals surface area contributed by atoms with Gasteiger partial charge in [0.25, 0.3) is 0 Å². The Kier molecular flexibility index (Phi) is 8.35. The summed E-state index contributed by atoms with van der Waals surface area (Å²) >= 11 is 0. The number of para-hydroxylation sites is 4. The summed E-state index contributed by atoms with van der Waals surface area (Å²) in [4.78, 5) is 24.9. The van der Waals surface area contributed by atoms with Gasteiger partial charge in [-0.2, -0.15) is 0 Å². The summed E-state index contributed by atoms with van der Waals surface area (Å²) in [6, 6.07) is 70.5. The number of nitrogens with zero attached hydrogens (tertiary/aromatic N) is 6. The van der Waals surface area contributed by atoms with Gasteiger partial charge >= 0.3 is 0 Å². The molecule has 8 nitrogen and oxygen atoms in total. The summed E-state index contributed by atoms with van der Waals surface area (Å²) in [7, 11) is 0. The first-order valence-electron chi connectivity index (χ1n) is 21.5. The number of fused-ring (bicyclic) bond motifs is 7. The van der Waals surface area contributed by atoms with Gasteiger partial charge in [-0.25, -0.2) is 24.9 Å². The molecular weight excluding hydrogens is 801 g/mol. The number of hydrogen-bond donors (Lipinski definition) is 0. The summed E-state index contributed by atoms with van der Waals surface area (Å²) in [6.45, 7) is 0. The number of benzene rings is 9. The molecule has 9 aromatic carbocycles. The van der Waals surface area contributed by atoms with Crippen LogP contribution in [0.3, 0.4) is 0 Å². The smallest absolute Gasteiger partial charge is 0.227 e. The second-order valence-corrected chi connectivity index (χ2v) is 16.1. The lowest BCUT2D eigenvalue weighted by Gasteiger charge is -2.11. The van der Waals surface area contributed by atoms with Crippen molar-refractivity contribution in [2.45, 2.75) is 0 Å². The summed E-state index contributed by atoms with van der Waals surface area (Å²) in [5.41, 5.74) is 13.1. The maximum Gasteiger partial charge on any atom is 0.227 e. The molecule has 0 atom stereocenters. The maximum atomic E-state index is 6.09. The maximum absolute atomic E-state index is 6.09. The van der Waals surface area contributed by atoms with Crippen LogP contribution in [0.1, 0.15) is 0 Å². The van der Waals surface area contributed by atoms with E-state index in [1.807, 2.05) is 103 Å². The second-order valence-electron chi connectivity index (χ2n) is 16.1. The minimum Gasteiger partial charge on any atom is -0.436 e. The fraction of sp³-hybridized carbons (Fsp3) is 0. The molecule has 0 radical (unpaired) electrons. The van der Waals surface area contributed by atoms with Gasteiger partial charge < -0.3 is 13.4 Å². The molecule has 0 spiro atoms. The van der Waals surface area contributed by atoms with Crippen LogP contribution in [0.2, 0.25) is 0 Å². The Labute approximate surface area is 371 Å². The van der Waals surface area contributed by atoms with Crippen LogP contribution in [0.25, 0.3) is 129 Å². The van der Waals surface area contributed by atoms with E-state index in [0.717, 1.165) is 77.5 Å². The zero-order valence-electron chi connectivity index (χ0n) is 34.6. The van der Waals surface area contributed by atoms with Crippen molar-refractivity contribution in [2.24, 2.45) is 0 Å². The molecule has 13 rings (SSSR count). The topological polar surface area (TPSA) is 95.7 Å². The van der Waals surface area contributed by atoms with Gasteiger partial charge in [-0.1, -0.05) is 127 Å². The molecule has 0 aliphatic rings. The molecule has 0 amide bonds. The van der Waals surface area contributed by atoms with Crippen LogP contribution >= 0.6 is 0 Å². The lowest BCUT2D eigenvalue weighted by atomic mass is 10.0. The summed E-state index contributed by atoms with van der Waals surface area (Å²) in [5, 5.41) is 4.61. The molecule has 65 heavy (non-hydrogen) atoms. The Morgan fingerprint density at radius 1 is 0.323 bits per heavy atom. The average Bonchev–Trinajstić information content (AvgIpc) is 4.11. The van der Waals surface area contributed by atoms with E-state index in [9.17, 15) is 0 Å². The molecule has 13 aromatic rings. The van der Waals surface area contributed by atoms with Gasteiger partial charge in [0, 0.05) is 49.7 Å². The first-order valence-corrected chi connectivity index (χ1v) is 21.5. The SMILES string of the molecule is c1ccc(-c2ccc(-n3c4ccc(-c5nc(-c6ccc(-c7nc8ccccc8o7)cc6)nc(-c6ccc(-c7nc8ccccc8o7)cc6)n5)cc4c4ccc5ccccc5c43)cc2)cc1. The largest absolute Gasteiger partial charge is 0.436 e. The average molecular weight is 835 g/mol. The molecule has 304 valence electrons. The van der Waals surface area contributed by atoms with E-state index >= 15 is 0 Å². The van der Waals surface area contributed by atoms with Crippen molar-refractivity contribution in [2.75, 3.05) is 0 Å². The first-order chi connectivity index (χ1) is 32.2. The van der Waals surface area contributed by atoms with Gasteiger partial charge in [0.05, 0.1) is 11.0 Å². The van der Waals surface area contributed by atoms with E-state index in [-0.39, 0.29) is 0 Å². The molecule has 0 fully saturated rings. The quantitative estimate of drug-likeness (QED) is 0.158. The predicted molar refractivity (Wildman–Crippen MR) is 259 cm³/mol. The Balaban J connectivity index is 0.953. The van der Waals surface area contributed by atoms with Gasteiger partial charge in [0.2, 0.25) is 11.8 Å². The third-order valence-corrected chi connectivity index (χ3v) is 12.1. The van der Waals surface area contributed by atoms with Crippen LogP contribution < -0.4 is 0 Å². The number of rotatable bonds is 7. The van der Waals surface area contributed by atoms with Crippen molar-refractivity contribution < 1.29 is 8.83 Å². The third-order valence-electron chi connectivity index (χ3n) is 12.1. The van der Waals surface area contributed by atoms with E-state index < -0.39 is 0 Å². The normalized spacial score (nSPS) is 11.7. The number of oxazole rings is 2. The van der Waals surface area contributed by atoms with Crippen molar-refractivity contribution in [3.05, 3.63) is 206 Å². The van der Waals surface area contributed by atoms with Crippen molar-refractivity contribution in [3.8, 4) is 73.9 Å². The van der Waals surface area contributed by atoms with Crippen LogP contribution in [-0.4, -0.2) is 29.5 Å². The molecule has 0 unspecified atom stereocenters. The standard InChI is InChI=1S/C57H34N6O2/c1-2-10-35(11-3-1)36-26-30-43(31-27-36)63-49-33-29-42(34-46(49)45-32-28-37-12-4-5-13-44(37)52(45)63)55-61-53(38-18-22-40(23-19-38)56-58-47-14-6-8-16-50(47)64-56)60-54(62-55)39-20-24-41(25-21-39)57-59-48-15-7-9-17-51(48)65-57/h1-34H. The van der Waals surface area contributed by atoms with Crippen LogP contribution in [0, 0.1) is 0 Å². The molecule has 0 aliphatic carbocycles. The Morgan fingerprint density at radius 3 is 1.43 bits per heavy atom. The van der Waals surface area contributed by atoms with Crippen molar-refractivity contribution in [1.29, 1.82) is 0 Å². The molecule has 0 saturated carbocycles. The van der Waals surface area contributed by atoms with E-state index in [4.69, 9.17) is 33.8 Å². The molecule has 0 N–H and O–H groups in total. The fourth-order valence-corrected chi connectivity index (χ4v) is 8.90. The highest BCUT2D eigenvalue weighted by Crippen LogP contribution is 2.39. The van der Waals surface area contributed by atoms with Gasteiger partial charge in [-0.15, -0.1) is 0 Å². The van der Waals surface area contributed by atoms with E-state index in [1.165, 1.54) is 21.9 Å². The minimum atomic E-state index is 0.546. The number of hydrogen-bond acceptors (Lipinski definition) is 7. The van der Waals surface area contributed by atoms with Gasteiger partial charge in [-0.05, 0) is 95.4 Å². The van der Waals surface area contributed by atoms with Gasteiger partial charge in [0.1, 0.15) is 11.0 Å². The zero-order valence-corrected chi connectivity index (χ0v) is 34.6. The van der Waals surface area contributed by atoms with Crippen LogP contribution in [-0.2, 0) is 0 Å². The molecule has 8 heteroatoms. The summed E-state index contributed by atoms with van der Waals surface area (Å²) in [5.74, 6) is 2.77. The molecule has 4 heterocycles. The van der Waals surface area contributed by atoms with Crippen LogP contribution in [0.4, 0.5) is 0 Å². The molecular formula is C57H34N6O2. The highest BCUT2D eigenvalue weighted by molar-refractivity contribution is 6.19. The Hall–Kier alpha value is -9.01. The molecule has 0 saturated heterocycles. The molecule has 0 bridgehead atoms. The minimum absolute atomic E-state index is 0.546. The van der Waals surface area contributed by atoms with Gasteiger partial charge in [0.15, 0.2) is 28.6 Å². The van der Waals surface area contributed by atoms with Crippen molar-refractivity contribution in [3.63, 3.8) is 0 Å². The highest BCUT2D eigenvalue weighted by Gasteiger charge is 2.19. The predicted octanol–water partition coefficient (Wildman–Crippen LogP) is 14.4. The van der Waals surface area contributed by atoms with Crippen LogP contribution in [0.15, 0.2) is 215 Å². The van der Waals surface area contributed by atoms with Crippen LogP contribution in [0.5, 0.6) is 0 Å². The van der Waals surface area contributed by atoms with Crippen molar-refractivity contribution in [1.82, 2.24) is 29.5 Å².